The van der Waals surface area contributed by atoms with E-state index in [4.69, 9.17) is 12.2 Å². The van der Waals surface area contributed by atoms with Crippen molar-refractivity contribution in [3.8, 4) is 0 Å². The molecule has 0 aliphatic carbocycles. The quantitative estimate of drug-likeness (QED) is 0.440. The van der Waals surface area contributed by atoms with Crippen molar-refractivity contribution in [2.24, 2.45) is 0 Å². The van der Waals surface area contributed by atoms with Crippen LogP contribution in [0.15, 0.2) is 48.5 Å². The molecular formula is C20H17N3O5S. The molecule has 0 radical (unpaired) electrons. The minimum atomic E-state index is -0.496. The van der Waals surface area contributed by atoms with Crippen molar-refractivity contribution in [2.45, 2.75) is 6.42 Å². The number of imide groups is 1. The lowest BCUT2D eigenvalue weighted by Gasteiger charge is -2.14. The highest BCUT2D eigenvalue weighted by molar-refractivity contribution is 7.80. The molecule has 0 aromatic heterocycles. The summed E-state index contributed by atoms with van der Waals surface area (Å²) in [4.78, 5) is 49.3. The van der Waals surface area contributed by atoms with Gasteiger partial charge in [-0.1, -0.05) is 18.2 Å². The second-order valence-corrected chi connectivity index (χ2v) is 6.54. The molecule has 8 nitrogen and oxygen atoms in total. The lowest BCUT2D eigenvalue weighted by molar-refractivity contribution is -0.119. The molecule has 2 aromatic rings. The van der Waals surface area contributed by atoms with Gasteiger partial charge in [0, 0.05) is 18.7 Å². The minimum absolute atomic E-state index is 0.0272. The Morgan fingerprint density at radius 1 is 1.03 bits per heavy atom. The van der Waals surface area contributed by atoms with Gasteiger partial charge in [0.05, 0.1) is 23.8 Å². The number of thiocarbonyl (C=S) groups is 1. The Hall–Kier alpha value is -3.59. The van der Waals surface area contributed by atoms with Crippen LogP contribution in [0, 0.1) is 0 Å². The summed E-state index contributed by atoms with van der Waals surface area (Å²) in [5, 5.41) is 5.31. The van der Waals surface area contributed by atoms with E-state index in [1.807, 2.05) is 0 Å². The predicted molar refractivity (Wildman–Crippen MR) is 109 cm³/mol. The highest BCUT2D eigenvalue weighted by atomic mass is 32.1. The molecule has 148 valence electrons. The summed E-state index contributed by atoms with van der Waals surface area (Å²) < 4.78 is 4.65. The fourth-order valence-corrected chi connectivity index (χ4v) is 3.08. The average Bonchev–Trinajstić information content (AvgIpc) is 2.96. The van der Waals surface area contributed by atoms with Crippen molar-refractivity contribution in [1.82, 2.24) is 10.2 Å². The third-order valence-corrected chi connectivity index (χ3v) is 4.44. The number of carbonyl (C=O) groups excluding carboxylic acids is 4. The largest absolute Gasteiger partial charge is 0.465 e. The zero-order chi connectivity index (χ0) is 21.0. The molecule has 2 N–H and O–H groups in total. The van der Waals surface area contributed by atoms with Crippen molar-refractivity contribution in [2.75, 3.05) is 19.0 Å². The van der Waals surface area contributed by atoms with Crippen LogP contribution in [0.4, 0.5) is 5.69 Å². The molecule has 1 aliphatic rings. The first-order chi connectivity index (χ1) is 13.9. The van der Waals surface area contributed by atoms with Crippen LogP contribution in [0.5, 0.6) is 0 Å². The second kappa shape index (κ2) is 8.61. The topological polar surface area (TPSA) is 105 Å². The third-order valence-electron chi connectivity index (χ3n) is 4.24. The van der Waals surface area contributed by atoms with Gasteiger partial charge in [-0.15, -0.1) is 0 Å². The van der Waals surface area contributed by atoms with Gasteiger partial charge in [-0.05, 0) is 42.5 Å². The van der Waals surface area contributed by atoms with Crippen LogP contribution in [0.25, 0.3) is 0 Å². The van der Waals surface area contributed by atoms with Crippen molar-refractivity contribution >= 4 is 46.7 Å². The van der Waals surface area contributed by atoms with Gasteiger partial charge in [0.1, 0.15) is 0 Å². The summed E-state index contributed by atoms with van der Waals surface area (Å²) in [6, 6.07) is 12.9. The number of amides is 3. The maximum atomic E-state index is 12.3. The van der Waals surface area contributed by atoms with E-state index >= 15 is 0 Å². The van der Waals surface area contributed by atoms with Gasteiger partial charge in [0.2, 0.25) is 5.91 Å². The first-order valence-corrected chi connectivity index (χ1v) is 9.06. The molecule has 29 heavy (non-hydrogen) atoms. The molecule has 3 rings (SSSR count). The highest BCUT2D eigenvalue weighted by Crippen LogP contribution is 2.22. The van der Waals surface area contributed by atoms with Crippen molar-refractivity contribution in [3.63, 3.8) is 0 Å². The molecular weight excluding hydrogens is 394 g/mol. The van der Waals surface area contributed by atoms with E-state index in [-0.39, 0.29) is 18.1 Å². The lowest BCUT2D eigenvalue weighted by atomic mass is 10.1. The van der Waals surface area contributed by atoms with Gasteiger partial charge in [-0.25, -0.2) is 4.79 Å². The van der Waals surface area contributed by atoms with E-state index in [9.17, 15) is 19.2 Å². The normalized spacial score (nSPS) is 12.4. The molecule has 3 amide bonds. The van der Waals surface area contributed by atoms with Gasteiger partial charge in [-0.2, -0.15) is 0 Å². The lowest BCUT2D eigenvalue weighted by Crippen LogP contribution is -2.38. The van der Waals surface area contributed by atoms with Crippen LogP contribution in [0.1, 0.15) is 37.5 Å². The number of hydrogen-bond acceptors (Lipinski definition) is 6. The third kappa shape index (κ3) is 4.46. The van der Waals surface area contributed by atoms with E-state index in [1.165, 1.54) is 13.2 Å². The summed E-state index contributed by atoms with van der Waals surface area (Å²) >= 11 is 5.10. The smallest absolute Gasteiger partial charge is 0.337 e. The van der Waals surface area contributed by atoms with Crippen LogP contribution in [0.2, 0.25) is 0 Å². The van der Waals surface area contributed by atoms with Crippen LogP contribution in [-0.4, -0.2) is 47.4 Å². The zero-order valence-corrected chi connectivity index (χ0v) is 16.2. The van der Waals surface area contributed by atoms with Crippen molar-refractivity contribution in [3.05, 3.63) is 65.2 Å². The van der Waals surface area contributed by atoms with Gasteiger partial charge in [0.25, 0.3) is 11.8 Å². The summed E-state index contributed by atoms with van der Waals surface area (Å²) in [5.41, 5.74) is 1.50. The highest BCUT2D eigenvalue weighted by Gasteiger charge is 2.34. The first kappa shape index (κ1) is 20.2. The number of methoxy groups -OCH3 is 1. The fraction of sp³-hybridized carbons (Fsp3) is 0.150. The van der Waals surface area contributed by atoms with Gasteiger partial charge >= 0.3 is 5.97 Å². The molecule has 0 spiro atoms. The Balaban J connectivity index is 1.53. The number of carbonyl (C=O) groups is 4. The number of rotatable bonds is 5. The molecule has 0 unspecified atom stereocenters. The van der Waals surface area contributed by atoms with E-state index in [0.717, 1.165) is 4.90 Å². The maximum absolute atomic E-state index is 12.3. The first-order valence-electron chi connectivity index (χ1n) is 8.65. The number of nitrogens with zero attached hydrogens (tertiary/aromatic N) is 1. The number of anilines is 1. The van der Waals surface area contributed by atoms with E-state index < -0.39 is 23.7 Å². The number of nitrogens with one attached hydrogen (secondary N) is 2. The molecule has 0 atom stereocenters. The molecule has 0 fully saturated rings. The predicted octanol–water partition coefficient (Wildman–Crippen LogP) is 1.97. The summed E-state index contributed by atoms with van der Waals surface area (Å²) in [7, 11) is 1.28. The second-order valence-electron chi connectivity index (χ2n) is 6.13. The average molecular weight is 411 g/mol. The Kier molecular flexibility index (Phi) is 5.99. The molecule has 9 heteroatoms. The Bertz CT molecular complexity index is 986. The summed E-state index contributed by atoms with van der Waals surface area (Å²) in [6.07, 6.45) is -0.102. The van der Waals surface area contributed by atoms with Gasteiger partial charge in [-0.3, -0.25) is 19.3 Å². The number of benzene rings is 2. The molecule has 1 aliphatic heterocycles. The van der Waals surface area contributed by atoms with E-state index in [2.05, 4.69) is 15.4 Å². The molecule has 0 saturated heterocycles. The Morgan fingerprint density at radius 3 is 2.31 bits per heavy atom. The van der Waals surface area contributed by atoms with Gasteiger partial charge in [0.15, 0.2) is 5.11 Å². The summed E-state index contributed by atoms with van der Waals surface area (Å²) in [5.74, 6) is -1.79. The Labute approximate surface area is 171 Å². The monoisotopic (exact) mass is 411 g/mol. The maximum Gasteiger partial charge on any atom is 0.337 e. The molecule has 1 heterocycles. The number of hydrogen-bond donors (Lipinski definition) is 2. The van der Waals surface area contributed by atoms with Gasteiger partial charge < -0.3 is 15.4 Å². The molecule has 2 aromatic carbocycles. The van der Waals surface area contributed by atoms with E-state index in [0.29, 0.717) is 22.4 Å². The van der Waals surface area contributed by atoms with Crippen LogP contribution in [-0.2, 0) is 9.53 Å². The SMILES string of the molecule is COC(=O)c1cccc(NC(=S)NC(=O)CCN2C(=O)c3ccccc3C2=O)c1. The summed E-state index contributed by atoms with van der Waals surface area (Å²) in [6.45, 7) is -0.0569. The van der Waals surface area contributed by atoms with Crippen LogP contribution >= 0.6 is 12.2 Å². The Morgan fingerprint density at radius 2 is 1.69 bits per heavy atom. The zero-order valence-electron chi connectivity index (χ0n) is 15.4. The fourth-order valence-electron chi connectivity index (χ4n) is 2.85. The van der Waals surface area contributed by atoms with Crippen LogP contribution in [0.3, 0.4) is 0 Å². The molecule has 0 bridgehead atoms. The standard InChI is InChI=1S/C20H17N3O5S/c1-28-19(27)12-5-4-6-13(11-12)21-20(29)22-16(24)9-10-23-17(25)14-7-2-3-8-15(14)18(23)26/h2-8,11H,9-10H2,1H3,(H2,21,22,24,29). The number of fused-ring (bicyclic) bond motifs is 1. The van der Waals surface area contributed by atoms with Crippen molar-refractivity contribution in [1.29, 1.82) is 0 Å². The van der Waals surface area contributed by atoms with Crippen molar-refractivity contribution < 1.29 is 23.9 Å². The van der Waals surface area contributed by atoms with E-state index in [1.54, 1.807) is 42.5 Å². The number of esters is 1. The van der Waals surface area contributed by atoms with Crippen LogP contribution < -0.4 is 10.6 Å². The minimum Gasteiger partial charge on any atom is -0.465 e. The number of ether oxygens (including phenoxy) is 1. The molecule has 0 saturated carbocycles.